The van der Waals surface area contributed by atoms with Crippen molar-refractivity contribution < 1.29 is 14.3 Å². The molecule has 2 rings (SSSR count). The van der Waals surface area contributed by atoms with E-state index in [9.17, 15) is 4.79 Å². The van der Waals surface area contributed by atoms with E-state index in [0.717, 1.165) is 25.9 Å². The number of anilines is 1. The molecule has 0 bridgehead atoms. The Bertz CT molecular complexity index is 455. The largest absolute Gasteiger partial charge is 0.384 e. The zero-order chi connectivity index (χ0) is 15.1. The summed E-state index contributed by atoms with van der Waals surface area (Å²) in [4.78, 5) is 12.6. The van der Waals surface area contributed by atoms with E-state index >= 15 is 0 Å². The van der Waals surface area contributed by atoms with Crippen LogP contribution >= 0.6 is 12.4 Å². The molecule has 126 valence electrons. The van der Waals surface area contributed by atoms with Crippen LogP contribution in [0.15, 0.2) is 12.4 Å². The first-order chi connectivity index (χ1) is 10.2. The van der Waals surface area contributed by atoms with E-state index in [1.54, 1.807) is 25.1 Å². The highest BCUT2D eigenvalue weighted by Crippen LogP contribution is 2.30. The quantitative estimate of drug-likeness (QED) is 0.776. The van der Waals surface area contributed by atoms with Gasteiger partial charge in [0.15, 0.2) is 0 Å². The third-order valence-corrected chi connectivity index (χ3v) is 3.88. The number of halogens is 1. The number of piperidine rings is 1. The molecular formula is C14H25ClN4O3. The molecule has 2 heterocycles. The molecule has 0 aromatic carbocycles. The first-order valence-corrected chi connectivity index (χ1v) is 7.23. The molecule has 1 amide bonds. The lowest BCUT2D eigenvalue weighted by atomic mass is 9.78. The average molecular weight is 333 g/mol. The Morgan fingerprint density at radius 1 is 1.41 bits per heavy atom. The van der Waals surface area contributed by atoms with Gasteiger partial charge >= 0.3 is 0 Å². The summed E-state index contributed by atoms with van der Waals surface area (Å²) < 4.78 is 12.0. The Balaban J connectivity index is 0.00000242. The molecule has 0 aliphatic carbocycles. The summed E-state index contributed by atoms with van der Waals surface area (Å²) in [7, 11) is 3.29. The van der Waals surface area contributed by atoms with Crippen LogP contribution in [0.1, 0.15) is 12.8 Å². The van der Waals surface area contributed by atoms with E-state index < -0.39 is 5.41 Å². The average Bonchev–Trinajstić information content (AvgIpc) is 2.94. The predicted molar refractivity (Wildman–Crippen MR) is 86.4 cm³/mol. The SMILES string of the molecule is COCCn1cc(NC(=O)C2(COC)CCNCC2)cn1.Cl. The lowest BCUT2D eigenvalue weighted by molar-refractivity contribution is -0.130. The minimum atomic E-state index is -0.450. The molecule has 1 fully saturated rings. The van der Waals surface area contributed by atoms with Gasteiger partial charge in [-0.2, -0.15) is 5.10 Å². The summed E-state index contributed by atoms with van der Waals surface area (Å²) in [5.74, 6) is 0.0112. The summed E-state index contributed by atoms with van der Waals surface area (Å²) in [6, 6.07) is 0. The Kier molecular flexibility index (Phi) is 7.81. The van der Waals surface area contributed by atoms with Gasteiger partial charge in [0.25, 0.3) is 0 Å². The van der Waals surface area contributed by atoms with Gasteiger partial charge in [-0.1, -0.05) is 0 Å². The fraction of sp³-hybridized carbons (Fsp3) is 0.714. The molecule has 22 heavy (non-hydrogen) atoms. The summed E-state index contributed by atoms with van der Waals surface area (Å²) in [5.41, 5.74) is 0.263. The van der Waals surface area contributed by atoms with Crippen LogP contribution in [0, 0.1) is 5.41 Å². The van der Waals surface area contributed by atoms with Crippen molar-refractivity contribution in [1.82, 2.24) is 15.1 Å². The van der Waals surface area contributed by atoms with E-state index in [2.05, 4.69) is 15.7 Å². The highest BCUT2D eigenvalue weighted by molar-refractivity contribution is 5.95. The maximum atomic E-state index is 12.6. The van der Waals surface area contributed by atoms with Gasteiger partial charge < -0.3 is 20.1 Å². The number of ether oxygens (including phenoxy) is 2. The van der Waals surface area contributed by atoms with Gasteiger partial charge in [0.05, 0.1) is 37.1 Å². The van der Waals surface area contributed by atoms with Crippen molar-refractivity contribution in [2.24, 2.45) is 5.41 Å². The number of nitrogens with zero attached hydrogens (tertiary/aromatic N) is 2. The zero-order valence-corrected chi connectivity index (χ0v) is 13.9. The van der Waals surface area contributed by atoms with Gasteiger partial charge in [-0.3, -0.25) is 9.48 Å². The summed E-state index contributed by atoms with van der Waals surface area (Å²) in [6.07, 6.45) is 5.04. The smallest absolute Gasteiger partial charge is 0.233 e. The van der Waals surface area contributed by atoms with Gasteiger partial charge in [0.1, 0.15) is 0 Å². The maximum Gasteiger partial charge on any atom is 0.233 e. The molecule has 1 saturated heterocycles. The van der Waals surface area contributed by atoms with Crippen molar-refractivity contribution >= 4 is 24.0 Å². The van der Waals surface area contributed by atoms with E-state index in [-0.39, 0.29) is 18.3 Å². The second-order valence-electron chi connectivity index (χ2n) is 5.40. The van der Waals surface area contributed by atoms with Crippen LogP contribution in [0.2, 0.25) is 0 Å². The standard InChI is InChI=1S/C14H24N4O3.ClH/c1-20-8-7-18-10-12(9-16-18)17-13(19)14(11-21-2)3-5-15-6-4-14;/h9-10,15H,3-8,11H2,1-2H3,(H,17,19);1H. The van der Waals surface area contributed by atoms with Crippen molar-refractivity contribution in [3.05, 3.63) is 12.4 Å². The number of rotatable bonds is 7. The van der Waals surface area contributed by atoms with Crippen molar-refractivity contribution in [2.75, 3.05) is 45.8 Å². The third kappa shape index (κ3) is 4.67. The van der Waals surface area contributed by atoms with Crippen molar-refractivity contribution in [3.8, 4) is 0 Å². The number of methoxy groups -OCH3 is 2. The molecule has 1 aromatic rings. The van der Waals surface area contributed by atoms with Crippen LogP contribution in [0.25, 0.3) is 0 Å². The Labute approximate surface area is 137 Å². The molecule has 0 atom stereocenters. The monoisotopic (exact) mass is 332 g/mol. The minimum absolute atomic E-state index is 0. The van der Waals surface area contributed by atoms with Crippen LogP contribution < -0.4 is 10.6 Å². The number of nitrogens with one attached hydrogen (secondary N) is 2. The van der Waals surface area contributed by atoms with Gasteiger partial charge in [-0.25, -0.2) is 0 Å². The van der Waals surface area contributed by atoms with Gasteiger partial charge in [0, 0.05) is 20.4 Å². The first-order valence-electron chi connectivity index (χ1n) is 7.23. The zero-order valence-electron chi connectivity index (χ0n) is 13.1. The van der Waals surface area contributed by atoms with Crippen LogP contribution in [0.4, 0.5) is 5.69 Å². The van der Waals surface area contributed by atoms with Crippen molar-refractivity contribution in [2.45, 2.75) is 19.4 Å². The molecular weight excluding hydrogens is 308 g/mol. The number of hydrogen-bond donors (Lipinski definition) is 2. The minimum Gasteiger partial charge on any atom is -0.384 e. The van der Waals surface area contributed by atoms with Gasteiger partial charge in [-0.05, 0) is 25.9 Å². The normalized spacial score (nSPS) is 16.8. The van der Waals surface area contributed by atoms with Crippen LogP contribution in [-0.4, -0.2) is 56.2 Å². The molecule has 0 spiro atoms. The molecule has 1 aliphatic heterocycles. The predicted octanol–water partition coefficient (Wildman–Crippen LogP) is 0.906. The number of carbonyl (C=O) groups is 1. The molecule has 1 aliphatic rings. The molecule has 0 saturated carbocycles. The molecule has 8 heteroatoms. The van der Waals surface area contributed by atoms with Crippen LogP contribution in [0.3, 0.4) is 0 Å². The van der Waals surface area contributed by atoms with Crippen molar-refractivity contribution in [3.63, 3.8) is 0 Å². The summed E-state index contributed by atoms with van der Waals surface area (Å²) in [5, 5.41) is 10.4. The van der Waals surface area contributed by atoms with E-state index in [1.165, 1.54) is 0 Å². The molecule has 2 N–H and O–H groups in total. The molecule has 7 nitrogen and oxygen atoms in total. The van der Waals surface area contributed by atoms with E-state index in [4.69, 9.17) is 9.47 Å². The fourth-order valence-corrected chi connectivity index (χ4v) is 2.62. The number of aromatic nitrogens is 2. The van der Waals surface area contributed by atoms with E-state index in [0.29, 0.717) is 25.4 Å². The second-order valence-corrected chi connectivity index (χ2v) is 5.40. The van der Waals surface area contributed by atoms with E-state index in [1.807, 2.05) is 6.20 Å². The first kappa shape index (κ1) is 18.9. The van der Waals surface area contributed by atoms with Gasteiger partial charge in [-0.15, -0.1) is 12.4 Å². The third-order valence-electron chi connectivity index (χ3n) is 3.88. The Morgan fingerprint density at radius 3 is 2.77 bits per heavy atom. The second kappa shape index (κ2) is 9.09. The van der Waals surface area contributed by atoms with Gasteiger partial charge in [0.2, 0.25) is 5.91 Å². The summed E-state index contributed by atoms with van der Waals surface area (Å²) >= 11 is 0. The maximum absolute atomic E-state index is 12.6. The highest BCUT2D eigenvalue weighted by Gasteiger charge is 2.39. The lowest BCUT2D eigenvalue weighted by Gasteiger charge is -2.35. The highest BCUT2D eigenvalue weighted by atomic mass is 35.5. The number of amides is 1. The number of carbonyl (C=O) groups excluding carboxylic acids is 1. The van der Waals surface area contributed by atoms with Crippen LogP contribution in [-0.2, 0) is 20.8 Å². The van der Waals surface area contributed by atoms with Crippen LogP contribution in [0.5, 0.6) is 0 Å². The Morgan fingerprint density at radius 2 is 2.14 bits per heavy atom. The lowest BCUT2D eigenvalue weighted by Crippen LogP contribution is -2.47. The van der Waals surface area contributed by atoms with Crippen molar-refractivity contribution in [1.29, 1.82) is 0 Å². The topological polar surface area (TPSA) is 77.4 Å². The fourth-order valence-electron chi connectivity index (χ4n) is 2.62. The number of hydrogen-bond acceptors (Lipinski definition) is 5. The molecule has 0 radical (unpaired) electrons. The Hall–Kier alpha value is -1.15. The molecule has 1 aromatic heterocycles. The summed E-state index contributed by atoms with van der Waals surface area (Å²) in [6.45, 7) is 3.37. The molecule has 0 unspecified atom stereocenters.